The molecule has 2 rings (SSSR count). The Labute approximate surface area is 108 Å². The maximum absolute atomic E-state index is 9.17. The first-order valence-electron chi connectivity index (χ1n) is 6.44. The molecule has 4 heteroatoms. The zero-order valence-electron chi connectivity index (χ0n) is 11.1. The number of ether oxygens (including phenoxy) is 1. The number of aliphatic hydroxyl groups is 1. The third-order valence-corrected chi connectivity index (χ3v) is 3.75. The van der Waals surface area contributed by atoms with E-state index < -0.39 is 0 Å². The molecule has 1 aliphatic rings. The largest absolute Gasteiger partial charge is 0.394 e. The summed E-state index contributed by atoms with van der Waals surface area (Å²) in [5.41, 5.74) is 10.6. The molecule has 1 aromatic rings. The van der Waals surface area contributed by atoms with E-state index in [1.807, 2.05) is 6.07 Å². The van der Waals surface area contributed by atoms with Crippen LogP contribution < -0.4 is 10.6 Å². The lowest BCUT2D eigenvalue weighted by Gasteiger charge is -2.31. The lowest BCUT2D eigenvalue weighted by Crippen LogP contribution is -2.36. The fraction of sp³-hybridized carbons (Fsp3) is 0.571. The van der Waals surface area contributed by atoms with E-state index in [0.29, 0.717) is 0 Å². The van der Waals surface area contributed by atoms with Gasteiger partial charge in [-0.25, -0.2) is 0 Å². The molecule has 0 unspecified atom stereocenters. The minimum Gasteiger partial charge on any atom is -0.394 e. The van der Waals surface area contributed by atoms with Gasteiger partial charge in [0.15, 0.2) is 0 Å². The molecule has 0 spiro atoms. The van der Waals surface area contributed by atoms with E-state index in [1.54, 1.807) is 0 Å². The summed E-state index contributed by atoms with van der Waals surface area (Å²) in [5.74, 6) is 0. The molecular weight excluding hydrogens is 228 g/mol. The molecule has 1 aromatic carbocycles. The molecule has 4 nitrogen and oxygen atoms in total. The smallest absolute Gasteiger partial charge is 0.0642 e. The Hall–Kier alpha value is -1.10. The van der Waals surface area contributed by atoms with Crippen molar-refractivity contribution in [3.8, 4) is 0 Å². The topological polar surface area (TPSA) is 58.7 Å². The second-order valence-electron chi connectivity index (χ2n) is 4.81. The van der Waals surface area contributed by atoms with Crippen LogP contribution in [0.2, 0.25) is 0 Å². The molecular formula is C14H22N2O2. The quantitative estimate of drug-likeness (QED) is 0.844. The van der Waals surface area contributed by atoms with Gasteiger partial charge in [-0.1, -0.05) is 6.07 Å². The average Bonchev–Trinajstić information content (AvgIpc) is 2.42. The first-order valence-corrected chi connectivity index (χ1v) is 6.44. The minimum absolute atomic E-state index is 0.0167. The van der Waals surface area contributed by atoms with Crippen LogP contribution in [-0.4, -0.2) is 38.0 Å². The molecule has 1 saturated heterocycles. The fourth-order valence-corrected chi connectivity index (χ4v) is 2.47. The van der Waals surface area contributed by atoms with E-state index >= 15 is 0 Å². The van der Waals surface area contributed by atoms with Gasteiger partial charge in [0.05, 0.1) is 25.9 Å². The Morgan fingerprint density at radius 2 is 1.94 bits per heavy atom. The number of benzene rings is 1. The van der Waals surface area contributed by atoms with Crippen molar-refractivity contribution in [3.05, 3.63) is 28.8 Å². The monoisotopic (exact) mass is 250 g/mol. The summed E-state index contributed by atoms with van der Waals surface area (Å²) in [7, 11) is 0. The Morgan fingerprint density at radius 1 is 1.28 bits per heavy atom. The molecule has 1 fully saturated rings. The van der Waals surface area contributed by atoms with Gasteiger partial charge in [-0.2, -0.15) is 0 Å². The van der Waals surface area contributed by atoms with Gasteiger partial charge < -0.3 is 20.5 Å². The Bertz CT molecular complexity index is 415. The number of morpholine rings is 1. The summed E-state index contributed by atoms with van der Waals surface area (Å²) in [5, 5.41) is 9.17. The first-order chi connectivity index (χ1) is 8.65. The highest BCUT2D eigenvalue weighted by molar-refractivity contribution is 5.58. The number of nitrogens with zero attached hydrogens (tertiary/aromatic N) is 1. The van der Waals surface area contributed by atoms with Crippen LogP contribution in [0.1, 0.15) is 22.7 Å². The van der Waals surface area contributed by atoms with Crippen molar-refractivity contribution >= 4 is 5.69 Å². The van der Waals surface area contributed by atoms with Crippen molar-refractivity contribution in [2.24, 2.45) is 5.73 Å². The molecule has 1 heterocycles. The summed E-state index contributed by atoms with van der Waals surface area (Å²) >= 11 is 0. The third kappa shape index (κ3) is 2.51. The number of aliphatic hydroxyl groups excluding tert-OH is 1. The van der Waals surface area contributed by atoms with E-state index in [2.05, 4.69) is 24.8 Å². The second kappa shape index (κ2) is 5.69. The minimum atomic E-state index is -0.289. The molecule has 1 atom stereocenters. The summed E-state index contributed by atoms with van der Waals surface area (Å²) in [6.45, 7) is 7.62. The first kappa shape index (κ1) is 13.3. The summed E-state index contributed by atoms with van der Waals surface area (Å²) in [6, 6.07) is 3.86. The number of anilines is 1. The van der Waals surface area contributed by atoms with Crippen LogP contribution in [0.4, 0.5) is 5.69 Å². The highest BCUT2D eigenvalue weighted by Crippen LogP contribution is 2.28. The van der Waals surface area contributed by atoms with Gasteiger partial charge in [0.2, 0.25) is 0 Å². The Kier molecular flexibility index (Phi) is 4.22. The molecule has 0 radical (unpaired) electrons. The normalized spacial score (nSPS) is 17.9. The molecule has 0 amide bonds. The van der Waals surface area contributed by atoms with Crippen LogP contribution in [0.15, 0.2) is 12.1 Å². The maximum Gasteiger partial charge on any atom is 0.0642 e. The van der Waals surface area contributed by atoms with E-state index in [9.17, 15) is 0 Å². The number of rotatable bonds is 3. The average molecular weight is 250 g/mol. The van der Waals surface area contributed by atoms with Crippen LogP contribution >= 0.6 is 0 Å². The number of hydrogen-bond donors (Lipinski definition) is 2. The van der Waals surface area contributed by atoms with E-state index in [1.165, 1.54) is 16.8 Å². The SMILES string of the molecule is Cc1c([C@@H](N)CO)ccc(N2CCOCC2)c1C. The summed E-state index contributed by atoms with van der Waals surface area (Å²) in [4.78, 5) is 2.35. The van der Waals surface area contributed by atoms with Gasteiger partial charge in [-0.3, -0.25) is 0 Å². The molecule has 100 valence electrons. The number of hydrogen-bond acceptors (Lipinski definition) is 4. The lowest BCUT2D eigenvalue weighted by molar-refractivity contribution is 0.122. The Balaban J connectivity index is 2.30. The standard InChI is InChI=1S/C14H22N2O2/c1-10-11(2)14(16-5-7-18-8-6-16)4-3-12(10)13(15)9-17/h3-4,13,17H,5-9,15H2,1-2H3/t13-/m0/s1. The van der Waals surface area contributed by atoms with Crippen LogP contribution in [0.5, 0.6) is 0 Å². The van der Waals surface area contributed by atoms with Gasteiger partial charge in [0.25, 0.3) is 0 Å². The van der Waals surface area contributed by atoms with Crippen molar-refractivity contribution in [2.75, 3.05) is 37.8 Å². The van der Waals surface area contributed by atoms with Crippen LogP contribution in [0.25, 0.3) is 0 Å². The molecule has 18 heavy (non-hydrogen) atoms. The van der Waals surface area contributed by atoms with Crippen LogP contribution in [-0.2, 0) is 4.74 Å². The number of nitrogens with two attached hydrogens (primary N) is 1. The van der Waals surface area contributed by atoms with E-state index in [0.717, 1.165) is 31.9 Å². The predicted octanol–water partition coefficient (Wildman–Crippen LogP) is 1.13. The highest BCUT2D eigenvalue weighted by Gasteiger charge is 2.17. The van der Waals surface area contributed by atoms with Gasteiger partial charge in [-0.05, 0) is 36.6 Å². The summed E-state index contributed by atoms with van der Waals surface area (Å²) < 4.78 is 5.38. The van der Waals surface area contributed by atoms with Crippen LogP contribution in [0, 0.1) is 13.8 Å². The lowest BCUT2D eigenvalue weighted by atomic mass is 9.96. The molecule has 1 aliphatic heterocycles. The van der Waals surface area contributed by atoms with Crippen molar-refractivity contribution in [2.45, 2.75) is 19.9 Å². The van der Waals surface area contributed by atoms with Gasteiger partial charge in [0, 0.05) is 18.8 Å². The van der Waals surface area contributed by atoms with Gasteiger partial charge in [-0.15, -0.1) is 0 Å². The molecule has 0 aromatic heterocycles. The third-order valence-electron chi connectivity index (χ3n) is 3.75. The van der Waals surface area contributed by atoms with Gasteiger partial charge >= 0.3 is 0 Å². The zero-order valence-corrected chi connectivity index (χ0v) is 11.1. The Morgan fingerprint density at radius 3 is 2.56 bits per heavy atom. The predicted molar refractivity (Wildman–Crippen MR) is 73.0 cm³/mol. The van der Waals surface area contributed by atoms with Crippen LogP contribution in [0.3, 0.4) is 0 Å². The van der Waals surface area contributed by atoms with Crippen molar-refractivity contribution in [3.63, 3.8) is 0 Å². The second-order valence-corrected chi connectivity index (χ2v) is 4.81. The molecule has 0 aliphatic carbocycles. The molecule has 0 saturated carbocycles. The molecule has 3 N–H and O–H groups in total. The van der Waals surface area contributed by atoms with Crippen molar-refractivity contribution in [1.29, 1.82) is 0 Å². The maximum atomic E-state index is 9.17. The van der Waals surface area contributed by atoms with Gasteiger partial charge in [0.1, 0.15) is 0 Å². The van der Waals surface area contributed by atoms with E-state index in [-0.39, 0.29) is 12.6 Å². The van der Waals surface area contributed by atoms with Crippen molar-refractivity contribution < 1.29 is 9.84 Å². The van der Waals surface area contributed by atoms with E-state index in [4.69, 9.17) is 15.6 Å². The molecule has 0 bridgehead atoms. The highest BCUT2D eigenvalue weighted by atomic mass is 16.5. The van der Waals surface area contributed by atoms with Crippen molar-refractivity contribution in [1.82, 2.24) is 0 Å². The fourth-order valence-electron chi connectivity index (χ4n) is 2.47. The zero-order chi connectivity index (χ0) is 13.1. The summed E-state index contributed by atoms with van der Waals surface area (Å²) in [6.07, 6.45) is 0.